The van der Waals surface area contributed by atoms with Gasteiger partial charge in [-0.05, 0) is 13.0 Å². The van der Waals surface area contributed by atoms with Gasteiger partial charge in [0.1, 0.15) is 5.82 Å². The molecule has 1 aromatic rings. The first-order chi connectivity index (χ1) is 6.43. The summed E-state index contributed by atoms with van der Waals surface area (Å²) in [6.07, 6.45) is -1.08. The molecule has 0 amide bonds. The van der Waals surface area contributed by atoms with Gasteiger partial charge in [0, 0.05) is 11.6 Å². The third-order valence-corrected chi connectivity index (χ3v) is 1.90. The quantitative estimate of drug-likeness (QED) is 0.777. The first-order valence-electron chi connectivity index (χ1n) is 4.01. The van der Waals surface area contributed by atoms with Crippen LogP contribution in [0.3, 0.4) is 0 Å². The summed E-state index contributed by atoms with van der Waals surface area (Å²) in [6.45, 7) is 1.31. The minimum atomic E-state index is -1.31. The second-order valence-corrected chi connectivity index (χ2v) is 3.06. The Morgan fingerprint density at radius 2 is 1.80 bits per heavy atom. The minimum absolute atomic E-state index is 0. The van der Waals surface area contributed by atoms with Crippen LogP contribution in [0.1, 0.15) is 18.5 Å². The van der Waals surface area contributed by atoms with Gasteiger partial charge in [-0.1, -0.05) is 0 Å². The molecule has 1 aromatic carbocycles. The lowest BCUT2D eigenvalue weighted by Crippen LogP contribution is -2.24. The van der Waals surface area contributed by atoms with Crippen molar-refractivity contribution in [2.45, 2.75) is 19.1 Å². The van der Waals surface area contributed by atoms with Gasteiger partial charge in [0.05, 0.1) is 12.1 Å². The Balaban J connectivity index is 0.00000196. The van der Waals surface area contributed by atoms with E-state index < -0.39 is 29.6 Å². The van der Waals surface area contributed by atoms with Gasteiger partial charge in [-0.2, -0.15) is 0 Å². The Morgan fingerprint density at radius 1 is 1.27 bits per heavy atom. The average molecular weight is 242 g/mol. The molecule has 3 N–H and O–H groups in total. The predicted octanol–water partition coefficient (Wildman–Crippen LogP) is 1.91. The third-order valence-electron chi connectivity index (χ3n) is 1.90. The van der Waals surface area contributed by atoms with E-state index in [9.17, 15) is 13.2 Å². The number of aliphatic hydroxyl groups is 1. The molecule has 0 spiro atoms. The maximum atomic E-state index is 13.1. The molecule has 0 saturated heterocycles. The fourth-order valence-electron chi connectivity index (χ4n) is 1.08. The zero-order valence-corrected chi connectivity index (χ0v) is 8.69. The lowest BCUT2D eigenvalue weighted by Gasteiger charge is -2.15. The highest BCUT2D eigenvalue weighted by Gasteiger charge is 2.20. The van der Waals surface area contributed by atoms with Gasteiger partial charge in [0.2, 0.25) is 0 Å². The van der Waals surface area contributed by atoms with Crippen LogP contribution in [0.4, 0.5) is 13.2 Å². The van der Waals surface area contributed by atoms with Gasteiger partial charge in [0.15, 0.2) is 11.6 Å². The van der Waals surface area contributed by atoms with Crippen LogP contribution in [0, 0.1) is 17.5 Å². The van der Waals surface area contributed by atoms with Crippen LogP contribution in [0.5, 0.6) is 0 Å². The fraction of sp³-hybridized carbons (Fsp3) is 0.333. The topological polar surface area (TPSA) is 46.2 Å². The zero-order chi connectivity index (χ0) is 10.9. The highest BCUT2D eigenvalue weighted by atomic mass is 35.5. The van der Waals surface area contributed by atoms with E-state index in [0.717, 1.165) is 6.07 Å². The molecule has 0 fully saturated rings. The molecule has 0 aliphatic heterocycles. The molecular weight excluding hydrogens is 231 g/mol. The van der Waals surface area contributed by atoms with Gasteiger partial charge in [-0.25, -0.2) is 13.2 Å². The average Bonchev–Trinajstić information content (AvgIpc) is 2.09. The molecule has 86 valence electrons. The number of hydrogen-bond donors (Lipinski definition) is 2. The van der Waals surface area contributed by atoms with Crippen molar-refractivity contribution in [3.63, 3.8) is 0 Å². The number of rotatable bonds is 2. The maximum Gasteiger partial charge on any atom is 0.163 e. The van der Waals surface area contributed by atoms with Crippen LogP contribution in [0.25, 0.3) is 0 Å². The molecule has 6 heteroatoms. The second kappa shape index (κ2) is 5.34. The summed E-state index contributed by atoms with van der Waals surface area (Å²) >= 11 is 0. The van der Waals surface area contributed by atoms with Crippen molar-refractivity contribution in [1.29, 1.82) is 0 Å². The minimum Gasteiger partial charge on any atom is -0.391 e. The number of aliphatic hydroxyl groups excluding tert-OH is 1. The predicted molar refractivity (Wildman–Crippen MR) is 52.2 cm³/mol. The highest BCUT2D eigenvalue weighted by molar-refractivity contribution is 5.85. The molecule has 0 aliphatic rings. The smallest absolute Gasteiger partial charge is 0.163 e. The van der Waals surface area contributed by atoms with E-state index in [0.29, 0.717) is 6.07 Å². The summed E-state index contributed by atoms with van der Waals surface area (Å²) in [5.74, 6) is -3.45. The van der Waals surface area contributed by atoms with E-state index >= 15 is 0 Å². The van der Waals surface area contributed by atoms with Crippen molar-refractivity contribution in [2.24, 2.45) is 5.73 Å². The van der Waals surface area contributed by atoms with Crippen molar-refractivity contribution in [2.75, 3.05) is 0 Å². The maximum absolute atomic E-state index is 13.1. The highest BCUT2D eigenvalue weighted by Crippen LogP contribution is 2.21. The monoisotopic (exact) mass is 241 g/mol. The Morgan fingerprint density at radius 3 is 2.27 bits per heavy atom. The summed E-state index contributed by atoms with van der Waals surface area (Å²) in [5.41, 5.74) is 4.99. The Kier molecular flexibility index (Phi) is 5.07. The lowest BCUT2D eigenvalue weighted by atomic mass is 10.0. The van der Waals surface area contributed by atoms with E-state index in [1.54, 1.807) is 0 Å². The van der Waals surface area contributed by atoms with Crippen LogP contribution >= 0.6 is 12.4 Å². The fourth-order valence-corrected chi connectivity index (χ4v) is 1.08. The van der Waals surface area contributed by atoms with Crippen molar-refractivity contribution < 1.29 is 18.3 Å². The van der Waals surface area contributed by atoms with Gasteiger partial charge < -0.3 is 10.8 Å². The van der Waals surface area contributed by atoms with Gasteiger partial charge in [-0.3, -0.25) is 0 Å². The molecule has 0 bridgehead atoms. The molecule has 0 heterocycles. The number of nitrogens with two attached hydrogens (primary N) is 1. The molecule has 0 aromatic heterocycles. The molecule has 2 atom stereocenters. The number of halogens is 4. The van der Waals surface area contributed by atoms with Crippen molar-refractivity contribution in [3.8, 4) is 0 Å². The van der Waals surface area contributed by atoms with Crippen LogP contribution in [-0.2, 0) is 0 Å². The first-order valence-corrected chi connectivity index (χ1v) is 4.01. The molecule has 0 radical (unpaired) electrons. The molecule has 0 unspecified atom stereocenters. The van der Waals surface area contributed by atoms with Crippen molar-refractivity contribution in [1.82, 2.24) is 0 Å². The number of hydrogen-bond acceptors (Lipinski definition) is 2. The molecule has 0 aliphatic carbocycles. The summed E-state index contributed by atoms with van der Waals surface area (Å²) in [5, 5.41) is 9.04. The van der Waals surface area contributed by atoms with Crippen molar-refractivity contribution >= 4 is 12.4 Å². The van der Waals surface area contributed by atoms with Crippen LogP contribution in [-0.4, -0.2) is 11.2 Å². The Bertz CT molecular complexity index is 346. The van der Waals surface area contributed by atoms with E-state index in [-0.39, 0.29) is 18.0 Å². The van der Waals surface area contributed by atoms with Gasteiger partial charge in [-0.15, -0.1) is 12.4 Å². The number of benzene rings is 1. The van der Waals surface area contributed by atoms with Crippen molar-refractivity contribution in [3.05, 3.63) is 35.1 Å². The third kappa shape index (κ3) is 3.09. The lowest BCUT2D eigenvalue weighted by molar-refractivity contribution is 0.162. The summed E-state index contributed by atoms with van der Waals surface area (Å²) < 4.78 is 38.5. The van der Waals surface area contributed by atoms with Crippen LogP contribution < -0.4 is 5.73 Å². The normalized spacial score (nSPS) is 14.3. The van der Waals surface area contributed by atoms with Crippen LogP contribution in [0.2, 0.25) is 0 Å². The molecule has 1 rings (SSSR count). The van der Waals surface area contributed by atoms with Gasteiger partial charge >= 0.3 is 0 Å². The zero-order valence-electron chi connectivity index (χ0n) is 7.88. The Labute approximate surface area is 91.3 Å². The SMILES string of the molecule is C[C@H](O)[C@H](N)c1cc(F)cc(F)c1F.Cl. The standard InChI is InChI=1S/C9H10F3NO.ClH/c1-4(14)9(13)6-2-5(10)3-7(11)8(6)12;/h2-4,9,14H,13H2,1H3;1H/t4-,9-;/m0./s1. The summed E-state index contributed by atoms with van der Waals surface area (Å²) in [7, 11) is 0. The molecular formula is C9H11ClF3NO. The van der Waals surface area contributed by atoms with Gasteiger partial charge in [0.25, 0.3) is 0 Å². The van der Waals surface area contributed by atoms with E-state index in [2.05, 4.69) is 0 Å². The molecule has 15 heavy (non-hydrogen) atoms. The van der Waals surface area contributed by atoms with E-state index in [4.69, 9.17) is 10.8 Å². The molecule has 0 saturated carbocycles. The first kappa shape index (κ1) is 14.2. The van der Waals surface area contributed by atoms with E-state index in [1.165, 1.54) is 6.92 Å². The van der Waals surface area contributed by atoms with E-state index in [1.807, 2.05) is 0 Å². The summed E-state index contributed by atoms with van der Waals surface area (Å²) in [4.78, 5) is 0. The van der Waals surface area contributed by atoms with Crippen LogP contribution in [0.15, 0.2) is 12.1 Å². The second-order valence-electron chi connectivity index (χ2n) is 3.06. The largest absolute Gasteiger partial charge is 0.391 e. The Hall–Kier alpha value is -0.780. The summed E-state index contributed by atoms with van der Waals surface area (Å²) in [6, 6.07) is 0.0591. The molecule has 2 nitrogen and oxygen atoms in total.